The highest BCUT2D eigenvalue weighted by Gasteiger charge is 2.40. The van der Waals surface area contributed by atoms with Crippen LogP contribution in [0.2, 0.25) is 0 Å². The van der Waals surface area contributed by atoms with Gasteiger partial charge in [0.05, 0.1) is 23.7 Å². The van der Waals surface area contributed by atoms with E-state index in [0.29, 0.717) is 23.2 Å². The fraction of sp³-hybridized carbons (Fsp3) is 0.333. The molecule has 0 aliphatic carbocycles. The molecule has 3 aromatic heterocycles. The Morgan fingerprint density at radius 1 is 1.02 bits per heavy atom. The van der Waals surface area contributed by atoms with Crippen LogP contribution < -0.4 is 21.3 Å². The van der Waals surface area contributed by atoms with Crippen molar-refractivity contribution in [2.24, 2.45) is 0 Å². The molecule has 0 saturated carbocycles. The highest BCUT2D eigenvalue weighted by Crippen LogP contribution is 2.36. The molecule has 0 aliphatic heterocycles. The lowest BCUT2D eigenvalue weighted by Crippen LogP contribution is -2.49. The van der Waals surface area contributed by atoms with Crippen molar-refractivity contribution in [3.63, 3.8) is 0 Å². The third kappa shape index (κ3) is 7.68. The van der Waals surface area contributed by atoms with E-state index in [1.807, 2.05) is 12.0 Å². The summed E-state index contributed by atoms with van der Waals surface area (Å²) in [5, 5.41) is 15.3. The molecule has 12 nitrogen and oxygen atoms in total. The third-order valence-corrected chi connectivity index (χ3v) is 6.56. The Balaban J connectivity index is 1.36. The summed E-state index contributed by atoms with van der Waals surface area (Å²) in [6, 6.07) is 3.53. The van der Waals surface area contributed by atoms with E-state index in [0.717, 1.165) is 13.1 Å². The van der Waals surface area contributed by atoms with Gasteiger partial charge in [-0.1, -0.05) is 6.92 Å². The van der Waals surface area contributed by atoms with Gasteiger partial charge in [0.2, 0.25) is 5.91 Å². The Morgan fingerprint density at radius 3 is 2.44 bits per heavy atom. The Labute approximate surface area is 251 Å². The van der Waals surface area contributed by atoms with Crippen LogP contribution in [0.15, 0.2) is 43.0 Å². The van der Waals surface area contributed by atoms with E-state index in [-0.39, 0.29) is 42.2 Å². The molecule has 4 rings (SSSR count). The topological polar surface area (TPSA) is 158 Å². The zero-order valence-electron chi connectivity index (χ0n) is 23.7. The maximum absolute atomic E-state index is 13.4. The lowest BCUT2D eigenvalue weighted by Gasteiger charge is -2.15. The maximum atomic E-state index is 13.4. The molecule has 3 heterocycles. The number of nitrogens with zero attached hydrogens (tertiary/aromatic N) is 4. The van der Waals surface area contributed by atoms with Crippen LogP contribution in [0.1, 0.15) is 41.9 Å². The van der Waals surface area contributed by atoms with Crippen LogP contribution in [0.25, 0.3) is 16.9 Å². The molecule has 0 fully saturated rings. The van der Waals surface area contributed by atoms with E-state index >= 15 is 0 Å². The second-order valence-electron chi connectivity index (χ2n) is 9.71. The van der Waals surface area contributed by atoms with Crippen LogP contribution in [0.5, 0.6) is 0 Å². The van der Waals surface area contributed by atoms with E-state index < -0.39 is 41.8 Å². The first-order valence-corrected chi connectivity index (χ1v) is 13.5. The minimum Gasteiger partial charge on any atom is -0.354 e. The number of aromatic nitrogens is 5. The minimum absolute atomic E-state index is 0.0426. The van der Waals surface area contributed by atoms with E-state index in [4.69, 9.17) is 0 Å². The Morgan fingerprint density at radius 2 is 1.76 bits per heavy atom. The minimum atomic E-state index is -5.10. The number of hydrogen-bond donors (Lipinski definition) is 5. The molecule has 18 heteroatoms. The molecule has 1 aromatic carbocycles. The third-order valence-electron chi connectivity index (χ3n) is 6.56. The zero-order valence-corrected chi connectivity index (χ0v) is 23.7. The first-order chi connectivity index (χ1) is 21.2. The van der Waals surface area contributed by atoms with Crippen molar-refractivity contribution < 1.29 is 40.7 Å². The number of carbonyl (C=O) groups is 3. The van der Waals surface area contributed by atoms with Crippen molar-refractivity contribution >= 4 is 34.9 Å². The van der Waals surface area contributed by atoms with Crippen LogP contribution in [0.3, 0.4) is 0 Å². The average molecular weight is 640 g/mol. The lowest BCUT2D eigenvalue weighted by atomic mass is 10.0. The van der Waals surface area contributed by atoms with Gasteiger partial charge < -0.3 is 21.3 Å². The standard InChI is InChI=1S/C27H27F6N9O3/c1-3-15-11-16(5-6-17(15)24(44)36-8-4-7-35-23(43)14(2)39-25(45)27(31,32)33)40-21-22-37-13-19(42(22)10-9-34-21)18-12-38-41-20(18)26(28,29)30/h5-6,9-14H,3-4,7-8H2,1-2H3,(H,34,40)(H,35,43)(H,36,44)(H,38,41)(H,39,45)/t14-/m0/s1. The van der Waals surface area contributed by atoms with Gasteiger partial charge in [-0.2, -0.15) is 31.4 Å². The Hall–Kier alpha value is -5.16. The van der Waals surface area contributed by atoms with Gasteiger partial charge >= 0.3 is 18.3 Å². The molecule has 45 heavy (non-hydrogen) atoms. The maximum Gasteiger partial charge on any atom is 0.471 e. The van der Waals surface area contributed by atoms with Gasteiger partial charge in [-0.25, -0.2) is 9.97 Å². The van der Waals surface area contributed by atoms with Crippen LogP contribution >= 0.6 is 0 Å². The summed E-state index contributed by atoms with van der Waals surface area (Å²) in [5.74, 6) is -3.16. The second-order valence-corrected chi connectivity index (χ2v) is 9.71. The number of H-pyrrole nitrogens is 1. The smallest absolute Gasteiger partial charge is 0.354 e. The molecule has 0 spiro atoms. The SMILES string of the molecule is CCc1cc(Nc2nccn3c(-c4cn[nH]c4C(F)(F)F)cnc23)ccc1C(=O)NCCCNC(=O)[C@H](C)NC(=O)C(F)(F)F. The number of benzene rings is 1. The first kappa shape index (κ1) is 32.7. The van der Waals surface area contributed by atoms with E-state index in [1.165, 1.54) is 23.0 Å². The highest BCUT2D eigenvalue weighted by molar-refractivity contribution is 5.96. The number of anilines is 2. The molecule has 3 amide bonds. The van der Waals surface area contributed by atoms with Crippen molar-refractivity contribution in [2.75, 3.05) is 18.4 Å². The lowest BCUT2D eigenvalue weighted by molar-refractivity contribution is -0.174. The number of aromatic amines is 1. The molecule has 1 atom stereocenters. The highest BCUT2D eigenvalue weighted by atomic mass is 19.4. The fourth-order valence-electron chi connectivity index (χ4n) is 4.32. The van der Waals surface area contributed by atoms with Crippen LogP contribution in [0, 0.1) is 0 Å². The largest absolute Gasteiger partial charge is 0.471 e. The summed E-state index contributed by atoms with van der Waals surface area (Å²) in [7, 11) is 0. The number of amides is 3. The first-order valence-electron chi connectivity index (χ1n) is 13.5. The quantitative estimate of drug-likeness (QED) is 0.124. The summed E-state index contributed by atoms with van der Waals surface area (Å²) in [6.07, 6.45) is -3.79. The number of aryl methyl sites for hydroxylation is 1. The summed E-state index contributed by atoms with van der Waals surface area (Å²) in [6.45, 7) is 3.14. The number of alkyl halides is 6. The Bertz CT molecular complexity index is 1700. The molecule has 4 aromatic rings. The van der Waals surface area contributed by atoms with Gasteiger partial charge in [0.25, 0.3) is 5.91 Å². The summed E-state index contributed by atoms with van der Waals surface area (Å²) in [5.41, 5.74) is 0.815. The molecule has 0 saturated heterocycles. The molecule has 0 unspecified atom stereocenters. The van der Waals surface area contributed by atoms with Gasteiger partial charge in [0.1, 0.15) is 11.7 Å². The summed E-state index contributed by atoms with van der Waals surface area (Å²) < 4.78 is 78.7. The van der Waals surface area contributed by atoms with E-state index in [1.54, 1.807) is 23.5 Å². The van der Waals surface area contributed by atoms with Crippen molar-refractivity contribution in [3.8, 4) is 11.3 Å². The number of fused-ring (bicyclic) bond motifs is 1. The van der Waals surface area contributed by atoms with Gasteiger partial charge in [0.15, 0.2) is 11.5 Å². The second kappa shape index (κ2) is 13.2. The molecular formula is C27H27F6N9O3. The van der Waals surface area contributed by atoms with Gasteiger partial charge in [-0.05, 0) is 43.5 Å². The normalized spacial score (nSPS) is 12.5. The summed E-state index contributed by atoms with van der Waals surface area (Å²) >= 11 is 0. The number of hydrogen-bond acceptors (Lipinski definition) is 7. The van der Waals surface area contributed by atoms with Crippen molar-refractivity contribution in [3.05, 3.63) is 59.8 Å². The van der Waals surface area contributed by atoms with Crippen LogP contribution in [-0.4, -0.2) is 67.6 Å². The zero-order chi connectivity index (χ0) is 32.9. The predicted molar refractivity (Wildman–Crippen MR) is 148 cm³/mol. The van der Waals surface area contributed by atoms with Crippen molar-refractivity contribution in [1.29, 1.82) is 0 Å². The van der Waals surface area contributed by atoms with E-state index in [2.05, 4.69) is 31.0 Å². The number of imidazole rings is 1. The molecule has 0 radical (unpaired) electrons. The number of halogens is 6. The van der Waals surface area contributed by atoms with Gasteiger partial charge in [-0.3, -0.25) is 23.9 Å². The van der Waals surface area contributed by atoms with Crippen molar-refractivity contribution in [2.45, 2.75) is 45.1 Å². The molecule has 0 bridgehead atoms. The number of rotatable bonds is 11. The Kier molecular flexibility index (Phi) is 9.63. The molecule has 5 N–H and O–H groups in total. The molecular weight excluding hydrogens is 612 g/mol. The van der Waals surface area contributed by atoms with Crippen LogP contribution in [-0.2, 0) is 22.2 Å². The molecule has 240 valence electrons. The summed E-state index contributed by atoms with van der Waals surface area (Å²) in [4.78, 5) is 44.2. The number of carbonyl (C=O) groups excluding carboxylic acids is 3. The van der Waals surface area contributed by atoms with Crippen LogP contribution in [0.4, 0.5) is 37.8 Å². The molecule has 0 aliphatic rings. The monoisotopic (exact) mass is 639 g/mol. The average Bonchev–Trinajstić information content (AvgIpc) is 3.64. The van der Waals surface area contributed by atoms with Gasteiger partial charge in [0, 0.05) is 36.7 Å². The predicted octanol–water partition coefficient (Wildman–Crippen LogP) is 3.75. The number of nitrogens with one attached hydrogen (secondary N) is 5. The van der Waals surface area contributed by atoms with Crippen molar-refractivity contribution in [1.82, 2.24) is 40.5 Å². The van der Waals surface area contributed by atoms with E-state index in [9.17, 15) is 40.7 Å². The fourth-order valence-corrected chi connectivity index (χ4v) is 4.32. The van der Waals surface area contributed by atoms with Gasteiger partial charge in [-0.15, -0.1) is 0 Å².